The minimum absolute atomic E-state index is 0.0391. The Kier molecular flexibility index (Phi) is 20.9. The van der Waals surface area contributed by atoms with Gasteiger partial charge in [-0.25, -0.2) is 4.98 Å². The summed E-state index contributed by atoms with van der Waals surface area (Å²) in [6, 6.07) is 4.36. The van der Waals surface area contributed by atoms with Gasteiger partial charge in [-0.1, -0.05) is 45.9 Å². The van der Waals surface area contributed by atoms with E-state index in [-0.39, 0.29) is 60.8 Å². The quantitative estimate of drug-likeness (QED) is 0.0652. The van der Waals surface area contributed by atoms with Crippen molar-refractivity contribution in [2.75, 3.05) is 71.7 Å². The van der Waals surface area contributed by atoms with Gasteiger partial charge in [0.05, 0.1) is 35.2 Å². The molecule has 3 aromatic carbocycles. The predicted molar refractivity (Wildman–Crippen MR) is 295 cm³/mol. The van der Waals surface area contributed by atoms with Crippen LogP contribution in [-0.2, 0) is 46.3 Å². The number of anilines is 2. The molecule has 4 aliphatic heterocycles. The Bertz CT molecular complexity index is 3200. The Labute approximate surface area is 465 Å². The summed E-state index contributed by atoms with van der Waals surface area (Å²) >= 11 is -1.44. The number of methoxy groups -OCH3 is 1. The van der Waals surface area contributed by atoms with Crippen LogP contribution in [0.25, 0.3) is 38.7 Å². The fourth-order valence-electron chi connectivity index (χ4n) is 11.0. The first kappa shape index (κ1) is 62.2. The molecule has 5 heterocycles. The zero-order valence-electron chi connectivity index (χ0n) is 47.4. The Morgan fingerprint density at radius 3 is 2.08 bits per heavy atom. The number of carbonyl (C=O) groups is 2. The van der Waals surface area contributed by atoms with E-state index in [9.17, 15) is 39.6 Å². The number of aliphatic hydroxyl groups excluding tert-OH is 3. The van der Waals surface area contributed by atoms with Crippen LogP contribution in [0.15, 0.2) is 62.3 Å². The van der Waals surface area contributed by atoms with Gasteiger partial charge in [0, 0.05) is 104 Å². The summed E-state index contributed by atoms with van der Waals surface area (Å²) in [4.78, 5) is 66.7. The van der Waals surface area contributed by atoms with Crippen LogP contribution in [-0.4, -0.2) is 151 Å². The number of aliphatic hydroxyl groups is 3. The second kappa shape index (κ2) is 26.5. The van der Waals surface area contributed by atoms with Gasteiger partial charge in [-0.15, -0.1) is 0 Å². The van der Waals surface area contributed by atoms with Gasteiger partial charge in [0.25, 0.3) is 5.91 Å². The van der Waals surface area contributed by atoms with E-state index in [0.717, 1.165) is 18.9 Å². The summed E-state index contributed by atoms with van der Waals surface area (Å²) in [7, 11) is 9.84. The first-order valence-electron chi connectivity index (χ1n) is 26.6. The minimum atomic E-state index is -1.98. The monoisotopic (exact) mass is 1140 g/mol. The van der Waals surface area contributed by atoms with E-state index in [1.165, 1.54) is 85.2 Å². The zero-order chi connectivity index (χ0) is 58.4. The Morgan fingerprint density at radius 2 is 1.49 bits per heavy atom. The maximum atomic E-state index is 14.9. The molecule has 79 heavy (non-hydrogen) atoms. The number of aromatic hydroxyl groups is 1. The normalized spacial score (nSPS) is 28.0. The van der Waals surface area contributed by atoms with Gasteiger partial charge >= 0.3 is 34.2 Å². The van der Waals surface area contributed by atoms with Crippen molar-refractivity contribution in [1.82, 2.24) is 20.1 Å². The van der Waals surface area contributed by atoms with E-state index in [2.05, 4.69) is 39.4 Å². The number of carbonyl (C=O) groups excluding carboxylic acids is 2. The van der Waals surface area contributed by atoms with Crippen LogP contribution in [0.2, 0.25) is 0 Å². The number of amides is 1. The average molecular weight is 1140 g/mol. The van der Waals surface area contributed by atoms with Crippen molar-refractivity contribution in [1.29, 1.82) is 0 Å². The van der Waals surface area contributed by atoms with E-state index in [0.29, 0.717) is 24.8 Å². The molecule has 4 aliphatic rings. The third-order valence-electron chi connectivity index (χ3n) is 16.0. The van der Waals surface area contributed by atoms with Crippen molar-refractivity contribution in [3.63, 3.8) is 0 Å². The second-order valence-electron chi connectivity index (χ2n) is 21.7. The number of esters is 1. The fraction of sp³-hybridized carbons (Fsp3) is 0.561. The van der Waals surface area contributed by atoms with Crippen molar-refractivity contribution >= 4 is 62.0 Å². The van der Waals surface area contributed by atoms with Crippen LogP contribution >= 0.6 is 0 Å². The molecule has 4 aromatic rings. The molecule has 8 rings (SSSR count). The first-order chi connectivity index (χ1) is 37.3. The number of rotatable bonds is 5. The molecule has 22 heteroatoms. The molecule has 0 spiro atoms. The topological polar surface area (TPSA) is 280 Å². The fourth-order valence-corrected chi connectivity index (χ4v) is 11.0. The average Bonchev–Trinajstić information content (AvgIpc) is 4.01. The van der Waals surface area contributed by atoms with Crippen LogP contribution in [0.4, 0.5) is 11.4 Å². The SMILES string of the molecule is CN(C)C1CCNCC1.CO[C@H]1/C=C/O[C@@]2(C)Oc3c(C)c(O)c4c(=O)c(c5oc6cc(N7CCC(N(C)C)CC7)cc(=O)c6nc5c4c3=C2O)NC(=O)/C(C)=C\C=C\[C@H](C)[C@H](O)[C@@H](C)[C@@H](O)[C@@H](C)[C@H](OC(C)=O)[C@@H]1C.[O]=[Mn]=[O]. The van der Waals surface area contributed by atoms with E-state index < -0.39 is 103 Å². The molecule has 1 aromatic heterocycles. The third kappa shape index (κ3) is 13.5. The van der Waals surface area contributed by atoms with Crippen molar-refractivity contribution in [2.45, 2.75) is 123 Å². The van der Waals surface area contributed by atoms with Crippen molar-refractivity contribution in [2.24, 2.45) is 23.7 Å². The van der Waals surface area contributed by atoms with Crippen molar-refractivity contribution in [3.05, 3.63) is 79.5 Å². The number of phenols is 1. The summed E-state index contributed by atoms with van der Waals surface area (Å²) < 4.78 is 47.3. The van der Waals surface area contributed by atoms with Gasteiger partial charge in [-0.3, -0.25) is 19.2 Å². The Balaban J connectivity index is 0.000000749. The number of phenolic OH excluding ortho intramolecular Hbond substituents is 1. The summed E-state index contributed by atoms with van der Waals surface area (Å²) in [6.45, 7) is 16.4. The van der Waals surface area contributed by atoms with Gasteiger partial charge in [-0.05, 0) is 86.9 Å². The van der Waals surface area contributed by atoms with E-state index in [4.69, 9.17) is 36.0 Å². The maximum absolute atomic E-state index is 14.9. The number of fused-ring (bicyclic) bond motifs is 2. The van der Waals surface area contributed by atoms with Gasteiger partial charge < -0.3 is 69.1 Å². The van der Waals surface area contributed by atoms with Crippen LogP contribution in [0.5, 0.6) is 11.5 Å². The molecule has 21 nitrogen and oxygen atoms in total. The zero-order valence-corrected chi connectivity index (χ0v) is 48.6. The van der Waals surface area contributed by atoms with E-state index in [1.807, 2.05) is 14.1 Å². The Morgan fingerprint density at radius 1 is 0.873 bits per heavy atom. The molecule has 9 atom stereocenters. The molecule has 4 bridgehead atoms. The summed E-state index contributed by atoms with van der Waals surface area (Å²) in [5, 5.41) is 52.6. The van der Waals surface area contributed by atoms with Gasteiger partial charge in [0.1, 0.15) is 28.8 Å². The van der Waals surface area contributed by atoms with Gasteiger partial charge in [0.15, 0.2) is 22.4 Å². The number of hydrogen-bond donors (Lipinski definition) is 6. The summed E-state index contributed by atoms with van der Waals surface area (Å²) in [6.07, 6.45) is 7.93. The third-order valence-corrected chi connectivity index (χ3v) is 16.0. The van der Waals surface area contributed by atoms with Crippen LogP contribution in [0.3, 0.4) is 0 Å². The van der Waals surface area contributed by atoms with Crippen molar-refractivity contribution < 1.29 is 75.9 Å². The Hall–Kier alpha value is -5.97. The second-order valence-corrected chi connectivity index (χ2v) is 21.9. The number of nitrogens with zero attached hydrogens (tertiary/aromatic N) is 4. The number of piperidine rings is 2. The predicted octanol–water partition coefficient (Wildman–Crippen LogP) is 5.15. The number of benzene rings is 3. The molecular formula is C57H78MnN6O15. The molecule has 0 saturated carbocycles. The molecule has 2 saturated heterocycles. The standard InChI is InChI=1S/C50H62N4O13.C7H16N2.Mn.2O/c1-23-13-12-14-24(2)49(62)52-40-44(60)36-35(39-47(40)66-34-22-31(21-32(56)38(34)51-39)54-18-15-30(16-19-54)53(9)10)37-46(28(6)43(36)59)67-50(8,48(37)61)64-20-17-33(63-11)25(3)45(65-29(7)55)27(5)42(58)26(4)41(23)57;1-9(2)7-3-5-8-6-4-7;;;/h12-14,17,20-23,25-27,30,33,41-42,45,57-59,61H,15-16,18-19H2,1-11H3,(H,52,62);7-8H,3-6H2,1-2H3;;;/b13-12+,20-17+,24-14-;;;;/t23-,25+,26+,27+,33-,41-,42+,45+,50-;;;;/m0..../s1. The number of allylic oxidation sites excluding steroid dienone is 2. The molecule has 0 unspecified atom stereocenters. The molecule has 0 radical (unpaired) electrons. The number of hydrogen-bond acceptors (Lipinski definition) is 20. The first-order valence-corrected chi connectivity index (χ1v) is 27.6. The number of ether oxygens (including phenoxy) is 4. The molecule has 433 valence electrons. The van der Waals surface area contributed by atoms with Crippen LogP contribution in [0.1, 0.15) is 79.7 Å². The van der Waals surface area contributed by atoms with E-state index >= 15 is 0 Å². The molecule has 2 fully saturated rings. The van der Waals surface area contributed by atoms with Gasteiger partial charge in [0.2, 0.25) is 10.9 Å². The number of aromatic nitrogens is 1. The molecule has 0 aliphatic carbocycles. The van der Waals surface area contributed by atoms with Crippen LogP contribution in [0, 0.1) is 30.6 Å². The molecule has 6 N–H and O–H groups in total. The molecular weight excluding hydrogens is 1060 g/mol. The summed E-state index contributed by atoms with van der Waals surface area (Å²) in [5.74, 6) is -6.93. The summed E-state index contributed by atoms with van der Waals surface area (Å²) in [5.41, 5.74) is -1.35. The van der Waals surface area contributed by atoms with Gasteiger partial charge in [-0.2, -0.15) is 0 Å². The van der Waals surface area contributed by atoms with Crippen molar-refractivity contribution in [3.8, 4) is 11.5 Å². The number of nitrogens with one attached hydrogen (secondary N) is 2. The van der Waals surface area contributed by atoms with E-state index in [1.54, 1.807) is 45.9 Å². The van der Waals surface area contributed by atoms with Crippen LogP contribution < -0.4 is 36.3 Å². The molecule has 1 amide bonds.